The summed E-state index contributed by atoms with van der Waals surface area (Å²) in [5.41, 5.74) is -0.0332. The number of phenols is 1. The number of ether oxygens (including phenoxy) is 1. The Hall–Kier alpha value is -1.62. The summed E-state index contributed by atoms with van der Waals surface area (Å²) < 4.78 is 18.4. The minimum atomic E-state index is -0.543. The number of aromatic hydroxyl groups is 1. The minimum absolute atomic E-state index is 0.00363. The molecule has 2 atom stereocenters. The summed E-state index contributed by atoms with van der Waals surface area (Å²) in [6, 6.07) is 3.33. The first kappa shape index (κ1) is 12.8. The standard InChI is InChI=1S/C13H16FNO3/c1-8-6-10(4-5-18-8)15-13(17)11-7-9(14)2-3-12(11)16/h2-3,7-8,10,16H,4-6H2,1H3,(H,15,17). The summed E-state index contributed by atoms with van der Waals surface area (Å²) in [6.45, 7) is 2.54. The van der Waals surface area contributed by atoms with Crippen molar-refractivity contribution in [2.75, 3.05) is 6.61 Å². The molecule has 0 bridgehead atoms. The molecule has 0 saturated carbocycles. The topological polar surface area (TPSA) is 58.6 Å². The van der Waals surface area contributed by atoms with Gasteiger partial charge in [0.2, 0.25) is 0 Å². The molecule has 0 aliphatic carbocycles. The van der Waals surface area contributed by atoms with Crippen molar-refractivity contribution in [3.63, 3.8) is 0 Å². The van der Waals surface area contributed by atoms with Crippen molar-refractivity contribution in [2.45, 2.75) is 31.9 Å². The number of halogens is 1. The quantitative estimate of drug-likeness (QED) is 0.845. The molecular weight excluding hydrogens is 237 g/mol. The minimum Gasteiger partial charge on any atom is -0.507 e. The molecule has 1 aromatic rings. The smallest absolute Gasteiger partial charge is 0.255 e. The second-order valence-electron chi connectivity index (χ2n) is 4.54. The first-order valence-corrected chi connectivity index (χ1v) is 5.97. The van der Waals surface area contributed by atoms with Crippen LogP contribution in [-0.4, -0.2) is 29.8 Å². The fourth-order valence-corrected chi connectivity index (χ4v) is 2.08. The van der Waals surface area contributed by atoms with Crippen molar-refractivity contribution in [2.24, 2.45) is 0 Å². The van der Waals surface area contributed by atoms with Crippen LogP contribution in [0, 0.1) is 5.82 Å². The predicted molar refractivity (Wildman–Crippen MR) is 64.0 cm³/mol. The number of hydrogen-bond donors (Lipinski definition) is 2. The number of amides is 1. The summed E-state index contributed by atoms with van der Waals surface area (Å²) in [6.07, 6.45) is 1.55. The highest BCUT2D eigenvalue weighted by Crippen LogP contribution is 2.19. The molecule has 98 valence electrons. The van der Waals surface area contributed by atoms with Gasteiger partial charge >= 0.3 is 0 Å². The normalized spacial score (nSPS) is 23.7. The Bertz CT molecular complexity index is 450. The molecule has 0 radical (unpaired) electrons. The third kappa shape index (κ3) is 2.98. The Labute approximate surface area is 105 Å². The Morgan fingerprint density at radius 3 is 3.06 bits per heavy atom. The molecule has 1 aromatic carbocycles. The van der Waals surface area contributed by atoms with Gasteiger partial charge in [0.1, 0.15) is 11.6 Å². The number of phenolic OH excluding ortho intramolecular Hbond substituents is 1. The summed E-state index contributed by atoms with van der Waals surface area (Å²) in [4.78, 5) is 11.9. The maximum absolute atomic E-state index is 13.0. The van der Waals surface area contributed by atoms with Crippen LogP contribution in [0.4, 0.5) is 4.39 Å². The average Bonchev–Trinajstić information content (AvgIpc) is 2.32. The van der Waals surface area contributed by atoms with Crippen molar-refractivity contribution < 1.29 is 19.0 Å². The molecule has 5 heteroatoms. The Morgan fingerprint density at radius 2 is 2.33 bits per heavy atom. The van der Waals surface area contributed by atoms with E-state index in [2.05, 4.69) is 5.32 Å². The van der Waals surface area contributed by atoms with E-state index in [1.807, 2.05) is 6.92 Å². The van der Waals surface area contributed by atoms with Gasteiger partial charge in [-0.3, -0.25) is 4.79 Å². The van der Waals surface area contributed by atoms with Crippen molar-refractivity contribution in [3.8, 4) is 5.75 Å². The number of benzene rings is 1. The number of hydrogen-bond acceptors (Lipinski definition) is 3. The molecular formula is C13H16FNO3. The van der Waals surface area contributed by atoms with E-state index in [0.717, 1.165) is 25.0 Å². The number of carbonyl (C=O) groups is 1. The third-order valence-corrected chi connectivity index (χ3v) is 3.02. The van der Waals surface area contributed by atoms with Crippen LogP contribution in [0.3, 0.4) is 0 Å². The molecule has 1 saturated heterocycles. The largest absolute Gasteiger partial charge is 0.507 e. The van der Waals surface area contributed by atoms with Crippen LogP contribution < -0.4 is 5.32 Å². The van der Waals surface area contributed by atoms with Crippen LogP contribution >= 0.6 is 0 Å². The lowest BCUT2D eigenvalue weighted by molar-refractivity contribution is 0.0136. The van der Waals surface area contributed by atoms with E-state index in [4.69, 9.17) is 4.74 Å². The molecule has 1 amide bonds. The molecule has 2 unspecified atom stereocenters. The number of carbonyl (C=O) groups excluding carboxylic acids is 1. The highest BCUT2D eigenvalue weighted by atomic mass is 19.1. The van der Waals surface area contributed by atoms with Gasteiger partial charge in [0.05, 0.1) is 11.7 Å². The van der Waals surface area contributed by atoms with Crippen LogP contribution in [0.25, 0.3) is 0 Å². The van der Waals surface area contributed by atoms with Crippen LogP contribution in [0.15, 0.2) is 18.2 Å². The fourth-order valence-electron chi connectivity index (χ4n) is 2.08. The molecule has 0 aromatic heterocycles. The van der Waals surface area contributed by atoms with Crippen molar-refractivity contribution in [1.82, 2.24) is 5.32 Å². The summed E-state index contributed by atoms with van der Waals surface area (Å²) in [5, 5.41) is 12.3. The number of rotatable bonds is 2. The van der Waals surface area contributed by atoms with E-state index in [9.17, 15) is 14.3 Å². The Balaban J connectivity index is 2.05. The third-order valence-electron chi connectivity index (χ3n) is 3.02. The van der Waals surface area contributed by atoms with Gasteiger partial charge in [-0.2, -0.15) is 0 Å². The van der Waals surface area contributed by atoms with E-state index in [0.29, 0.717) is 6.61 Å². The van der Waals surface area contributed by atoms with Crippen LogP contribution in [0.2, 0.25) is 0 Å². The monoisotopic (exact) mass is 253 g/mol. The lowest BCUT2D eigenvalue weighted by atomic mass is 10.0. The van der Waals surface area contributed by atoms with Gasteiger partial charge in [0, 0.05) is 12.6 Å². The summed E-state index contributed by atoms with van der Waals surface area (Å²) in [7, 11) is 0. The van der Waals surface area contributed by atoms with Gasteiger partial charge in [-0.05, 0) is 38.0 Å². The number of nitrogens with one attached hydrogen (secondary N) is 1. The average molecular weight is 253 g/mol. The second kappa shape index (κ2) is 5.35. The van der Waals surface area contributed by atoms with E-state index in [1.165, 1.54) is 6.07 Å². The maximum atomic E-state index is 13.0. The highest BCUT2D eigenvalue weighted by Gasteiger charge is 2.22. The van der Waals surface area contributed by atoms with E-state index >= 15 is 0 Å². The van der Waals surface area contributed by atoms with Crippen molar-refractivity contribution >= 4 is 5.91 Å². The SMILES string of the molecule is CC1CC(NC(=O)c2cc(F)ccc2O)CCO1. The second-order valence-corrected chi connectivity index (χ2v) is 4.54. The van der Waals surface area contributed by atoms with Crippen LogP contribution in [-0.2, 0) is 4.74 Å². The molecule has 1 aliphatic heterocycles. The van der Waals surface area contributed by atoms with Gasteiger partial charge < -0.3 is 15.2 Å². The highest BCUT2D eigenvalue weighted by molar-refractivity contribution is 5.96. The first-order valence-electron chi connectivity index (χ1n) is 5.97. The van der Waals surface area contributed by atoms with Crippen molar-refractivity contribution in [3.05, 3.63) is 29.6 Å². The molecule has 2 rings (SSSR count). The zero-order valence-corrected chi connectivity index (χ0v) is 10.1. The molecule has 2 N–H and O–H groups in total. The van der Waals surface area contributed by atoms with Crippen LogP contribution in [0.5, 0.6) is 5.75 Å². The molecule has 0 spiro atoms. The van der Waals surface area contributed by atoms with Gasteiger partial charge in [-0.15, -0.1) is 0 Å². The van der Waals surface area contributed by atoms with E-state index < -0.39 is 11.7 Å². The summed E-state index contributed by atoms with van der Waals surface area (Å²) in [5.74, 6) is -1.21. The van der Waals surface area contributed by atoms with Crippen molar-refractivity contribution in [1.29, 1.82) is 0 Å². The first-order chi connectivity index (χ1) is 8.56. The Kier molecular flexibility index (Phi) is 3.81. The maximum Gasteiger partial charge on any atom is 0.255 e. The molecule has 1 aliphatic rings. The Morgan fingerprint density at radius 1 is 1.56 bits per heavy atom. The van der Waals surface area contributed by atoms with E-state index in [-0.39, 0.29) is 23.5 Å². The fraction of sp³-hybridized carbons (Fsp3) is 0.462. The molecule has 1 heterocycles. The van der Waals surface area contributed by atoms with Gasteiger partial charge in [0.15, 0.2) is 0 Å². The van der Waals surface area contributed by atoms with Crippen LogP contribution in [0.1, 0.15) is 30.1 Å². The van der Waals surface area contributed by atoms with Gasteiger partial charge in [-0.1, -0.05) is 0 Å². The zero-order valence-electron chi connectivity index (χ0n) is 10.1. The van der Waals surface area contributed by atoms with Gasteiger partial charge in [-0.25, -0.2) is 4.39 Å². The van der Waals surface area contributed by atoms with E-state index in [1.54, 1.807) is 0 Å². The lowest BCUT2D eigenvalue weighted by Gasteiger charge is -2.28. The molecule has 4 nitrogen and oxygen atoms in total. The molecule has 18 heavy (non-hydrogen) atoms. The zero-order chi connectivity index (χ0) is 13.1. The summed E-state index contributed by atoms with van der Waals surface area (Å²) >= 11 is 0. The lowest BCUT2D eigenvalue weighted by Crippen LogP contribution is -2.41. The van der Waals surface area contributed by atoms with Gasteiger partial charge in [0.25, 0.3) is 5.91 Å². The molecule has 1 fully saturated rings. The predicted octanol–water partition coefficient (Wildman–Crippen LogP) is 1.83.